The molecule has 0 amide bonds. The van der Waals surface area contributed by atoms with Crippen LogP contribution in [0.5, 0.6) is 5.75 Å². The van der Waals surface area contributed by atoms with Crippen molar-refractivity contribution >= 4 is 41.5 Å². The molecular weight excluding hydrogens is 567 g/mol. The number of benzene rings is 3. The SMILES string of the molecule is Cc1cc2c(cc1Nc1ncc3c(n1)n([C@H]1C[C@H](O[Si](c4ccccc4)(c4ccccc4)C(C)(C)C)C1)c(=O)n3C)CCO2. The lowest BCUT2D eigenvalue weighted by atomic mass is 9.89. The Morgan fingerprint density at radius 1 is 1.00 bits per heavy atom. The van der Waals surface area contributed by atoms with E-state index in [-0.39, 0.29) is 22.9 Å². The Labute approximate surface area is 258 Å². The molecular formula is C35H39N5O3Si. The van der Waals surface area contributed by atoms with E-state index in [1.165, 1.54) is 15.9 Å². The summed E-state index contributed by atoms with van der Waals surface area (Å²) in [5.41, 5.74) is 4.47. The summed E-state index contributed by atoms with van der Waals surface area (Å²) in [6, 6.07) is 25.6. The molecule has 3 aromatic carbocycles. The van der Waals surface area contributed by atoms with Gasteiger partial charge in [0.25, 0.3) is 8.32 Å². The van der Waals surface area contributed by atoms with E-state index in [4.69, 9.17) is 14.1 Å². The first kappa shape index (κ1) is 28.6. The molecule has 0 radical (unpaired) electrons. The van der Waals surface area contributed by atoms with Crippen molar-refractivity contribution in [3.63, 3.8) is 0 Å². The maximum Gasteiger partial charge on any atom is 0.330 e. The lowest BCUT2D eigenvalue weighted by Crippen LogP contribution is -2.68. The molecule has 0 saturated heterocycles. The minimum atomic E-state index is -2.68. The van der Waals surface area contributed by atoms with E-state index in [0.717, 1.165) is 41.8 Å². The summed E-state index contributed by atoms with van der Waals surface area (Å²) in [6.07, 6.45) is 4.16. The second-order valence-electron chi connectivity index (χ2n) is 13.1. The zero-order chi connectivity index (χ0) is 30.6. The molecule has 0 atom stereocenters. The Morgan fingerprint density at radius 3 is 2.30 bits per heavy atom. The van der Waals surface area contributed by atoms with Crippen LogP contribution in [0.4, 0.5) is 11.6 Å². The second-order valence-corrected chi connectivity index (χ2v) is 17.4. The van der Waals surface area contributed by atoms with E-state index in [2.05, 4.69) is 104 Å². The first-order chi connectivity index (χ1) is 21.2. The van der Waals surface area contributed by atoms with Gasteiger partial charge in [0.2, 0.25) is 5.95 Å². The van der Waals surface area contributed by atoms with Crippen molar-refractivity contribution in [2.75, 3.05) is 11.9 Å². The van der Waals surface area contributed by atoms with Crippen LogP contribution in [0.2, 0.25) is 5.04 Å². The molecule has 0 unspecified atom stereocenters. The summed E-state index contributed by atoms with van der Waals surface area (Å²) in [5, 5.41) is 5.82. The van der Waals surface area contributed by atoms with Crippen LogP contribution in [-0.2, 0) is 17.9 Å². The standard InChI is InChI=1S/C35H39N5O3Si/c1-23-18-31-24(16-17-42-31)19-29(23)37-33-36-22-30-32(38-33)40(34(41)39(30)5)25-20-26(21-25)43-44(35(2,3)4,27-12-8-6-9-13-27)28-14-10-7-11-15-28/h6-15,18-19,22,25-26H,16-17,20-21H2,1-5H3,(H,36,37,38)/t25-,26-. The van der Waals surface area contributed by atoms with E-state index in [1.54, 1.807) is 17.8 Å². The summed E-state index contributed by atoms with van der Waals surface area (Å²) in [5.74, 6) is 1.42. The molecule has 5 aromatic rings. The molecule has 1 N–H and O–H groups in total. The van der Waals surface area contributed by atoms with Gasteiger partial charge in [-0.25, -0.2) is 9.78 Å². The maximum atomic E-state index is 13.6. The molecule has 2 aromatic heterocycles. The number of fused-ring (bicyclic) bond motifs is 2. The smallest absolute Gasteiger partial charge is 0.330 e. The highest BCUT2D eigenvalue weighted by Crippen LogP contribution is 2.43. The molecule has 0 bridgehead atoms. The Hall–Kier alpha value is -4.21. The molecule has 226 valence electrons. The zero-order valence-electron chi connectivity index (χ0n) is 26.0. The molecule has 2 aliphatic rings. The van der Waals surface area contributed by atoms with Crippen LogP contribution in [-0.4, -0.2) is 40.1 Å². The van der Waals surface area contributed by atoms with Crippen molar-refractivity contribution in [2.24, 2.45) is 7.05 Å². The minimum absolute atomic E-state index is 0.00366. The summed E-state index contributed by atoms with van der Waals surface area (Å²) < 4.78 is 16.5. The Bertz CT molecular complexity index is 1850. The van der Waals surface area contributed by atoms with E-state index < -0.39 is 8.32 Å². The van der Waals surface area contributed by atoms with Crippen molar-refractivity contribution in [3.8, 4) is 5.75 Å². The highest BCUT2D eigenvalue weighted by molar-refractivity contribution is 6.99. The van der Waals surface area contributed by atoms with Crippen molar-refractivity contribution in [3.05, 3.63) is 101 Å². The zero-order valence-corrected chi connectivity index (χ0v) is 27.0. The number of rotatable bonds is 7. The molecule has 7 rings (SSSR count). The van der Waals surface area contributed by atoms with Crippen LogP contribution in [0.1, 0.15) is 50.8 Å². The third-order valence-electron chi connectivity index (χ3n) is 9.31. The highest BCUT2D eigenvalue weighted by atomic mass is 28.4. The quantitative estimate of drug-likeness (QED) is 0.250. The molecule has 44 heavy (non-hydrogen) atoms. The van der Waals surface area contributed by atoms with Gasteiger partial charge in [0.15, 0.2) is 5.65 Å². The van der Waals surface area contributed by atoms with Gasteiger partial charge in [-0.15, -0.1) is 0 Å². The van der Waals surface area contributed by atoms with Crippen LogP contribution in [0.25, 0.3) is 11.2 Å². The third kappa shape index (κ3) is 4.66. The molecule has 1 aliphatic heterocycles. The minimum Gasteiger partial charge on any atom is -0.493 e. The van der Waals surface area contributed by atoms with Gasteiger partial charge < -0.3 is 14.5 Å². The highest BCUT2D eigenvalue weighted by Gasteiger charge is 2.53. The van der Waals surface area contributed by atoms with Gasteiger partial charge in [0.1, 0.15) is 11.3 Å². The monoisotopic (exact) mass is 605 g/mol. The van der Waals surface area contributed by atoms with Crippen molar-refractivity contribution in [1.82, 2.24) is 19.1 Å². The number of aromatic nitrogens is 4. The predicted molar refractivity (Wildman–Crippen MR) is 177 cm³/mol. The van der Waals surface area contributed by atoms with Crippen LogP contribution in [0, 0.1) is 6.92 Å². The van der Waals surface area contributed by atoms with Crippen molar-refractivity contribution < 1.29 is 9.16 Å². The molecule has 8 nitrogen and oxygen atoms in total. The molecule has 1 fully saturated rings. The van der Waals surface area contributed by atoms with Gasteiger partial charge in [-0.1, -0.05) is 81.4 Å². The van der Waals surface area contributed by atoms with Crippen molar-refractivity contribution in [2.45, 2.75) is 64.1 Å². The molecule has 0 spiro atoms. The van der Waals surface area contributed by atoms with Gasteiger partial charge in [0, 0.05) is 31.3 Å². The third-order valence-corrected chi connectivity index (χ3v) is 14.4. The summed E-state index contributed by atoms with van der Waals surface area (Å²) in [4.78, 5) is 23.0. The van der Waals surface area contributed by atoms with Crippen LogP contribution in [0.3, 0.4) is 0 Å². The molecule has 3 heterocycles. The molecule has 1 saturated carbocycles. The number of hydrogen-bond donors (Lipinski definition) is 1. The van der Waals surface area contributed by atoms with E-state index >= 15 is 0 Å². The van der Waals surface area contributed by atoms with E-state index in [0.29, 0.717) is 18.2 Å². The summed E-state index contributed by atoms with van der Waals surface area (Å²) in [7, 11) is -0.888. The van der Waals surface area contributed by atoms with Gasteiger partial charge >= 0.3 is 5.69 Å². The van der Waals surface area contributed by atoms with Crippen molar-refractivity contribution in [1.29, 1.82) is 0 Å². The Balaban J connectivity index is 1.19. The fourth-order valence-electron chi connectivity index (χ4n) is 6.89. The van der Waals surface area contributed by atoms with E-state index in [9.17, 15) is 4.79 Å². The topological polar surface area (TPSA) is 83.2 Å². The number of anilines is 2. The van der Waals surface area contributed by atoms with Gasteiger partial charge in [-0.2, -0.15) is 4.98 Å². The lowest BCUT2D eigenvalue weighted by molar-refractivity contribution is 0.0615. The fraction of sp³-hybridized carbons (Fsp3) is 0.343. The van der Waals surface area contributed by atoms with Crippen LogP contribution < -0.4 is 26.1 Å². The predicted octanol–water partition coefficient (Wildman–Crippen LogP) is 5.40. The maximum absolute atomic E-state index is 13.6. The summed E-state index contributed by atoms with van der Waals surface area (Å²) >= 11 is 0. The number of ether oxygens (including phenoxy) is 1. The Morgan fingerprint density at radius 2 is 1.66 bits per heavy atom. The first-order valence-corrected chi connectivity index (χ1v) is 17.3. The summed E-state index contributed by atoms with van der Waals surface area (Å²) in [6.45, 7) is 9.64. The largest absolute Gasteiger partial charge is 0.493 e. The molecule has 1 aliphatic carbocycles. The number of nitrogens with one attached hydrogen (secondary N) is 1. The average Bonchev–Trinajstić information content (AvgIpc) is 3.54. The molecule has 9 heteroatoms. The van der Waals surface area contributed by atoms with Gasteiger partial charge in [-0.05, 0) is 58.4 Å². The number of nitrogens with zero attached hydrogens (tertiary/aromatic N) is 4. The second kappa shape index (κ2) is 10.7. The van der Waals surface area contributed by atoms with Crippen LogP contribution >= 0.6 is 0 Å². The fourth-order valence-corrected chi connectivity index (χ4v) is 11.6. The van der Waals surface area contributed by atoms with E-state index in [1.807, 2.05) is 11.5 Å². The Kier molecular flexibility index (Phi) is 6.97. The number of aryl methyl sites for hydroxylation is 2. The average molecular weight is 606 g/mol. The van der Waals surface area contributed by atoms with Gasteiger partial charge in [-0.3, -0.25) is 9.13 Å². The van der Waals surface area contributed by atoms with Gasteiger partial charge in [0.05, 0.1) is 12.8 Å². The number of hydrogen-bond acceptors (Lipinski definition) is 6. The lowest BCUT2D eigenvalue weighted by Gasteiger charge is -2.48. The number of imidazole rings is 1. The normalized spacial score (nSPS) is 18.1. The first-order valence-electron chi connectivity index (χ1n) is 15.4. The van der Waals surface area contributed by atoms with Crippen LogP contribution in [0.15, 0.2) is 83.8 Å².